The van der Waals surface area contributed by atoms with E-state index in [1.165, 1.54) is 18.4 Å². The van der Waals surface area contributed by atoms with Gasteiger partial charge in [-0.15, -0.1) is 0 Å². The molecule has 1 amide bonds. The number of hydrogen-bond acceptors (Lipinski definition) is 3. The summed E-state index contributed by atoms with van der Waals surface area (Å²) < 4.78 is 0. The SMILES string of the molecule is O=C(Nc1ccccc1)c1ccc(CN2CCC[C@H](CCO)C2)cc1. The van der Waals surface area contributed by atoms with Crippen molar-refractivity contribution in [3.8, 4) is 0 Å². The lowest BCUT2D eigenvalue weighted by Gasteiger charge is -2.32. The van der Waals surface area contributed by atoms with Crippen LogP contribution in [0.5, 0.6) is 0 Å². The molecule has 2 aromatic rings. The number of anilines is 1. The van der Waals surface area contributed by atoms with Gasteiger partial charge in [0.2, 0.25) is 0 Å². The number of carbonyl (C=O) groups is 1. The second-order valence-electron chi connectivity index (χ2n) is 6.77. The minimum absolute atomic E-state index is 0.0845. The molecule has 0 unspecified atom stereocenters. The second-order valence-corrected chi connectivity index (χ2v) is 6.77. The van der Waals surface area contributed by atoms with Crippen LogP contribution in [0.15, 0.2) is 54.6 Å². The topological polar surface area (TPSA) is 52.6 Å². The second kappa shape index (κ2) is 8.79. The zero-order valence-electron chi connectivity index (χ0n) is 14.5. The molecule has 1 aliphatic heterocycles. The van der Waals surface area contributed by atoms with Crippen molar-refractivity contribution >= 4 is 11.6 Å². The number of nitrogens with one attached hydrogen (secondary N) is 1. The fraction of sp³-hybridized carbons (Fsp3) is 0.381. The van der Waals surface area contributed by atoms with Crippen molar-refractivity contribution in [1.29, 1.82) is 0 Å². The molecular weight excluding hydrogens is 312 g/mol. The van der Waals surface area contributed by atoms with Gasteiger partial charge in [0.15, 0.2) is 0 Å². The largest absolute Gasteiger partial charge is 0.396 e. The summed E-state index contributed by atoms with van der Waals surface area (Å²) in [5, 5.41) is 12.0. The Morgan fingerprint density at radius 3 is 2.60 bits per heavy atom. The van der Waals surface area contributed by atoms with E-state index in [-0.39, 0.29) is 12.5 Å². The number of para-hydroxylation sites is 1. The first-order valence-corrected chi connectivity index (χ1v) is 9.03. The fourth-order valence-corrected chi connectivity index (χ4v) is 3.46. The molecule has 3 rings (SSSR count). The molecule has 1 fully saturated rings. The number of rotatable bonds is 6. The fourth-order valence-electron chi connectivity index (χ4n) is 3.46. The molecule has 1 saturated heterocycles. The number of carbonyl (C=O) groups excluding carboxylic acids is 1. The molecule has 2 aromatic carbocycles. The predicted octanol–water partition coefficient (Wildman–Crippen LogP) is 3.53. The Hall–Kier alpha value is -2.17. The summed E-state index contributed by atoms with van der Waals surface area (Å²) in [5.41, 5.74) is 2.70. The Kier molecular flexibility index (Phi) is 6.20. The Labute approximate surface area is 149 Å². The number of aliphatic hydroxyl groups excluding tert-OH is 1. The van der Waals surface area contributed by atoms with Gasteiger partial charge in [-0.3, -0.25) is 9.69 Å². The average molecular weight is 338 g/mol. The van der Waals surface area contributed by atoms with Crippen LogP contribution in [0.2, 0.25) is 0 Å². The first-order chi connectivity index (χ1) is 12.2. The van der Waals surface area contributed by atoms with Gasteiger partial charge >= 0.3 is 0 Å². The maximum Gasteiger partial charge on any atom is 0.255 e. The molecule has 1 aliphatic rings. The average Bonchev–Trinajstić information content (AvgIpc) is 2.64. The van der Waals surface area contributed by atoms with Crippen LogP contribution in [0.3, 0.4) is 0 Å². The molecular formula is C21H26N2O2. The van der Waals surface area contributed by atoms with Crippen molar-refractivity contribution in [2.45, 2.75) is 25.8 Å². The van der Waals surface area contributed by atoms with Crippen LogP contribution in [0.1, 0.15) is 35.2 Å². The van der Waals surface area contributed by atoms with Gasteiger partial charge in [0, 0.05) is 30.9 Å². The van der Waals surface area contributed by atoms with Crippen molar-refractivity contribution in [1.82, 2.24) is 4.90 Å². The first-order valence-electron chi connectivity index (χ1n) is 9.03. The van der Waals surface area contributed by atoms with Gasteiger partial charge in [-0.05, 0) is 61.6 Å². The molecule has 4 nitrogen and oxygen atoms in total. The monoisotopic (exact) mass is 338 g/mol. The maximum absolute atomic E-state index is 12.3. The summed E-state index contributed by atoms with van der Waals surface area (Å²) in [6.45, 7) is 3.35. The van der Waals surface area contributed by atoms with Crippen molar-refractivity contribution in [3.05, 3.63) is 65.7 Å². The lowest BCUT2D eigenvalue weighted by atomic mass is 9.95. The minimum Gasteiger partial charge on any atom is -0.396 e. The van der Waals surface area contributed by atoms with Crippen LogP contribution in [0.4, 0.5) is 5.69 Å². The molecule has 25 heavy (non-hydrogen) atoms. The van der Waals surface area contributed by atoms with Crippen LogP contribution in [-0.4, -0.2) is 35.6 Å². The highest BCUT2D eigenvalue weighted by Crippen LogP contribution is 2.21. The van der Waals surface area contributed by atoms with Gasteiger partial charge in [-0.25, -0.2) is 0 Å². The standard InChI is InChI=1S/C21H26N2O2/c24-14-12-17-5-4-13-23(15-17)16-18-8-10-19(11-9-18)21(25)22-20-6-2-1-3-7-20/h1-3,6-11,17,24H,4-5,12-16H2,(H,22,25)/t17-/m1/s1. The van der Waals surface area contributed by atoms with Crippen molar-refractivity contribution in [2.75, 3.05) is 25.0 Å². The van der Waals surface area contributed by atoms with E-state index in [1.807, 2.05) is 54.6 Å². The van der Waals surface area contributed by atoms with Crippen molar-refractivity contribution in [3.63, 3.8) is 0 Å². The van der Waals surface area contributed by atoms with Gasteiger partial charge in [0.25, 0.3) is 5.91 Å². The summed E-state index contributed by atoms with van der Waals surface area (Å²) in [6.07, 6.45) is 3.31. The quantitative estimate of drug-likeness (QED) is 0.847. The number of likely N-dealkylation sites (tertiary alicyclic amines) is 1. The summed E-state index contributed by atoms with van der Waals surface area (Å²) in [4.78, 5) is 14.7. The first kappa shape index (κ1) is 17.6. The zero-order chi connectivity index (χ0) is 17.5. The Morgan fingerprint density at radius 2 is 1.88 bits per heavy atom. The summed E-state index contributed by atoms with van der Waals surface area (Å²) in [7, 11) is 0. The van der Waals surface area contributed by atoms with E-state index in [0.29, 0.717) is 11.5 Å². The summed E-state index contributed by atoms with van der Waals surface area (Å²) in [5.74, 6) is 0.522. The minimum atomic E-state index is -0.0845. The number of hydrogen-bond donors (Lipinski definition) is 2. The summed E-state index contributed by atoms with van der Waals surface area (Å²) >= 11 is 0. The Morgan fingerprint density at radius 1 is 1.12 bits per heavy atom. The Bertz CT molecular complexity index is 668. The molecule has 1 heterocycles. The van der Waals surface area contributed by atoms with Crippen LogP contribution in [0.25, 0.3) is 0 Å². The third-order valence-electron chi connectivity index (χ3n) is 4.79. The van der Waals surface area contributed by atoms with Gasteiger partial charge in [-0.2, -0.15) is 0 Å². The van der Waals surface area contributed by atoms with Crippen LogP contribution in [0, 0.1) is 5.92 Å². The van der Waals surface area contributed by atoms with Gasteiger partial charge in [-0.1, -0.05) is 30.3 Å². The van der Waals surface area contributed by atoms with Crippen LogP contribution < -0.4 is 5.32 Å². The van der Waals surface area contributed by atoms with E-state index in [2.05, 4.69) is 10.2 Å². The number of amides is 1. The normalized spacial score (nSPS) is 18.0. The zero-order valence-corrected chi connectivity index (χ0v) is 14.5. The summed E-state index contributed by atoms with van der Waals surface area (Å²) in [6, 6.07) is 17.4. The lowest BCUT2D eigenvalue weighted by molar-refractivity contribution is 0.102. The van der Waals surface area contributed by atoms with E-state index < -0.39 is 0 Å². The third kappa shape index (κ3) is 5.15. The highest BCUT2D eigenvalue weighted by atomic mass is 16.3. The van der Waals surface area contributed by atoms with E-state index in [9.17, 15) is 4.79 Å². The van der Waals surface area contributed by atoms with Gasteiger partial charge in [0.1, 0.15) is 0 Å². The highest BCUT2D eigenvalue weighted by Gasteiger charge is 2.19. The number of benzene rings is 2. The molecule has 132 valence electrons. The van der Waals surface area contributed by atoms with Crippen molar-refractivity contribution in [2.24, 2.45) is 5.92 Å². The number of aliphatic hydroxyl groups is 1. The third-order valence-corrected chi connectivity index (χ3v) is 4.79. The van der Waals surface area contributed by atoms with E-state index in [4.69, 9.17) is 5.11 Å². The molecule has 0 spiro atoms. The molecule has 0 bridgehead atoms. The Balaban J connectivity index is 1.56. The maximum atomic E-state index is 12.3. The van der Waals surface area contributed by atoms with E-state index >= 15 is 0 Å². The van der Waals surface area contributed by atoms with Crippen molar-refractivity contribution < 1.29 is 9.90 Å². The number of piperidine rings is 1. The lowest BCUT2D eigenvalue weighted by Crippen LogP contribution is -2.35. The predicted molar refractivity (Wildman–Crippen MR) is 101 cm³/mol. The van der Waals surface area contributed by atoms with E-state index in [1.54, 1.807) is 0 Å². The van der Waals surface area contributed by atoms with Crippen LogP contribution >= 0.6 is 0 Å². The van der Waals surface area contributed by atoms with Crippen LogP contribution in [-0.2, 0) is 6.54 Å². The van der Waals surface area contributed by atoms with Gasteiger partial charge < -0.3 is 10.4 Å². The van der Waals surface area contributed by atoms with E-state index in [0.717, 1.165) is 31.7 Å². The highest BCUT2D eigenvalue weighted by molar-refractivity contribution is 6.04. The molecule has 1 atom stereocenters. The molecule has 0 aromatic heterocycles. The smallest absolute Gasteiger partial charge is 0.255 e. The number of nitrogens with zero attached hydrogens (tertiary/aromatic N) is 1. The molecule has 0 radical (unpaired) electrons. The molecule has 4 heteroatoms. The molecule has 0 saturated carbocycles. The van der Waals surface area contributed by atoms with Gasteiger partial charge in [0.05, 0.1) is 0 Å². The molecule has 0 aliphatic carbocycles. The molecule has 2 N–H and O–H groups in total.